The summed E-state index contributed by atoms with van der Waals surface area (Å²) in [7, 11) is 0. The van der Waals surface area contributed by atoms with Crippen molar-refractivity contribution in [2.45, 2.75) is 32.1 Å². The molecular weight excluding hydrogens is 394 g/mol. The molecule has 2 amide bonds. The Bertz CT molecular complexity index is 957. The number of pyridine rings is 1. The van der Waals surface area contributed by atoms with Crippen molar-refractivity contribution < 1.29 is 9.59 Å². The van der Waals surface area contributed by atoms with Gasteiger partial charge in [-0.15, -0.1) is 11.3 Å². The first kappa shape index (κ1) is 20.5. The molecule has 2 aromatic heterocycles. The summed E-state index contributed by atoms with van der Waals surface area (Å²) in [5, 5.41) is 2.00. The number of amides is 2. The van der Waals surface area contributed by atoms with Gasteiger partial charge in [0.25, 0.3) is 5.91 Å². The largest absolute Gasteiger partial charge is 0.339 e. The van der Waals surface area contributed by atoms with Crippen molar-refractivity contribution in [3.05, 3.63) is 69.7 Å². The van der Waals surface area contributed by atoms with Gasteiger partial charge in [0, 0.05) is 48.7 Å². The van der Waals surface area contributed by atoms with Crippen molar-refractivity contribution in [3.8, 4) is 0 Å². The SMILES string of the molecule is Cc1ccc(C(=O)N2CC=CCC2)c(C2CCN(C(=O)C=Cc3cccs3)CC2)n1. The Kier molecular flexibility index (Phi) is 6.43. The van der Waals surface area contributed by atoms with Gasteiger partial charge in [-0.2, -0.15) is 0 Å². The van der Waals surface area contributed by atoms with Gasteiger partial charge in [-0.3, -0.25) is 14.6 Å². The first-order valence-corrected chi connectivity index (χ1v) is 11.4. The van der Waals surface area contributed by atoms with Crippen LogP contribution in [0.2, 0.25) is 0 Å². The van der Waals surface area contributed by atoms with Gasteiger partial charge >= 0.3 is 0 Å². The molecule has 0 atom stereocenters. The lowest BCUT2D eigenvalue weighted by Crippen LogP contribution is -2.38. The van der Waals surface area contributed by atoms with Crippen LogP contribution in [-0.2, 0) is 4.79 Å². The molecule has 0 aliphatic carbocycles. The molecule has 2 aliphatic rings. The van der Waals surface area contributed by atoms with Gasteiger partial charge in [0.05, 0.1) is 11.3 Å². The average Bonchev–Trinajstić information content (AvgIpc) is 3.31. The molecule has 4 rings (SSSR count). The summed E-state index contributed by atoms with van der Waals surface area (Å²) in [6.07, 6.45) is 10.3. The highest BCUT2D eigenvalue weighted by Crippen LogP contribution is 2.30. The van der Waals surface area contributed by atoms with Crippen LogP contribution in [0.3, 0.4) is 0 Å². The molecule has 4 heterocycles. The number of hydrogen-bond acceptors (Lipinski definition) is 4. The minimum absolute atomic E-state index is 0.0513. The second-order valence-corrected chi connectivity index (χ2v) is 8.82. The van der Waals surface area contributed by atoms with Crippen LogP contribution in [0.5, 0.6) is 0 Å². The highest BCUT2D eigenvalue weighted by atomic mass is 32.1. The van der Waals surface area contributed by atoms with E-state index in [-0.39, 0.29) is 17.7 Å². The first-order chi connectivity index (χ1) is 14.6. The van der Waals surface area contributed by atoms with E-state index < -0.39 is 0 Å². The minimum atomic E-state index is 0.0513. The van der Waals surface area contributed by atoms with Crippen molar-refractivity contribution in [2.75, 3.05) is 26.2 Å². The fourth-order valence-electron chi connectivity index (χ4n) is 4.08. The number of thiophene rings is 1. The Morgan fingerprint density at radius 1 is 1.10 bits per heavy atom. The van der Waals surface area contributed by atoms with Crippen LogP contribution < -0.4 is 0 Å². The zero-order valence-corrected chi connectivity index (χ0v) is 18.1. The van der Waals surface area contributed by atoms with Crippen LogP contribution in [0.4, 0.5) is 0 Å². The zero-order valence-electron chi connectivity index (χ0n) is 17.3. The van der Waals surface area contributed by atoms with Crippen LogP contribution >= 0.6 is 11.3 Å². The lowest BCUT2D eigenvalue weighted by molar-refractivity contribution is -0.127. The van der Waals surface area contributed by atoms with E-state index in [1.165, 1.54) is 0 Å². The molecule has 0 spiro atoms. The first-order valence-electron chi connectivity index (χ1n) is 10.5. The van der Waals surface area contributed by atoms with Gasteiger partial charge in [0.1, 0.15) is 0 Å². The van der Waals surface area contributed by atoms with E-state index in [4.69, 9.17) is 4.98 Å². The Hall–Kier alpha value is -2.73. The molecule has 0 N–H and O–H groups in total. The molecule has 30 heavy (non-hydrogen) atoms. The van der Waals surface area contributed by atoms with E-state index >= 15 is 0 Å². The quantitative estimate of drug-likeness (QED) is 0.547. The fraction of sp³-hybridized carbons (Fsp3) is 0.375. The predicted octanol–water partition coefficient (Wildman–Crippen LogP) is 4.27. The van der Waals surface area contributed by atoms with Gasteiger partial charge in [-0.05, 0) is 55.8 Å². The molecular formula is C24H27N3O2S. The van der Waals surface area contributed by atoms with E-state index in [9.17, 15) is 9.59 Å². The summed E-state index contributed by atoms with van der Waals surface area (Å²) in [4.78, 5) is 35.3. The molecule has 0 saturated carbocycles. The van der Waals surface area contributed by atoms with Gasteiger partial charge in [-0.25, -0.2) is 0 Å². The van der Waals surface area contributed by atoms with Crippen molar-refractivity contribution in [3.63, 3.8) is 0 Å². The Morgan fingerprint density at radius 2 is 1.93 bits per heavy atom. The lowest BCUT2D eigenvalue weighted by Gasteiger charge is -2.32. The third-order valence-electron chi connectivity index (χ3n) is 5.77. The molecule has 2 aromatic rings. The van der Waals surface area contributed by atoms with Gasteiger partial charge in [0.2, 0.25) is 5.91 Å². The molecule has 0 bridgehead atoms. The van der Waals surface area contributed by atoms with E-state index in [1.807, 2.05) is 52.4 Å². The number of hydrogen-bond donors (Lipinski definition) is 0. The molecule has 5 nitrogen and oxygen atoms in total. The van der Waals surface area contributed by atoms with Crippen LogP contribution in [0.15, 0.2) is 47.9 Å². The lowest BCUT2D eigenvalue weighted by atomic mass is 9.89. The number of carbonyl (C=O) groups is 2. The van der Waals surface area contributed by atoms with Crippen LogP contribution in [0.1, 0.15) is 51.8 Å². The number of aromatic nitrogens is 1. The summed E-state index contributed by atoms with van der Waals surface area (Å²) in [5.41, 5.74) is 2.55. The van der Waals surface area contributed by atoms with E-state index in [0.29, 0.717) is 19.6 Å². The van der Waals surface area contributed by atoms with E-state index in [0.717, 1.165) is 47.6 Å². The zero-order chi connectivity index (χ0) is 20.9. The van der Waals surface area contributed by atoms with E-state index in [1.54, 1.807) is 17.4 Å². The third-order valence-corrected chi connectivity index (χ3v) is 6.60. The Balaban J connectivity index is 1.44. The highest BCUT2D eigenvalue weighted by molar-refractivity contribution is 7.10. The Morgan fingerprint density at radius 3 is 2.63 bits per heavy atom. The van der Waals surface area contributed by atoms with Gasteiger partial charge in [0.15, 0.2) is 0 Å². The maximum Gasteiger partial charge on any atom is 0.256 e. The third kappa shape index (κ3) is 4.70. The van der Waals surface area contributed by atoms with Crippen LogP contribution in [0.25, 0.3) is 6.08 Å². The smallest absolute Gasteiger partial charge is 0.256 e. The van der Waals surface area contributed by atoms with Gasteiger partial charge < -0.3 is 9.80 Å². The average molecular weight is 422 g/mol. The van der Waals surface area contributed by atoms with Crippen molar-refractivity contribution in [1.82, 2.24) is 14.8 Å². The fourth-order valence-corrected chi connectivity index (χ4v) is 4.70. The molecule has 0 unspecified atom stereocenters. The Labute approximate surface area is 181 Å². The number of nitrogens with zero attached hydrogens (tertiary/aromatic N) is 3. The topological polar surface area (TPSA) is 53.5 Å². The number of rotatable bonds is 4. The predicted molar refractivity (Wildman–Crippen MR) is 121 cm³/mol. The molecule has 1 fully saturated rings. The molecule has 1 saturated heterocycles. The minimum Gasteiger partial charge on any atom is -0.339 e. The summed E-state index contributed by atoms with van der Waals surface area (Å²) < 4.78 is 0. The summed E-state index contributed by atoms with van der Waals surface area (Å²) >= 11 is 1.62. The molecule has 6 heteroatoms. The van der Waals surface area contributed by atoms with Crippen LogP contribution in [-0.4, -0.2) is 52.8 Å². The normalized spacial score (nSPS) is 17.6. The second kappa shape index (κ2) is 9.39. The standard InChI is InChI=1S/C24H27N3O2S/c1-18-7-9-21(24(29)27-13-3-2-4-14-27)23(25-18)19-11-15-26(16-12-19)22(28)10-8-20-6-5-17-30-20/h2-3,5-10,17,19H,4,11-16H2,1H3. The molecule has 156 valence electrons. The van der Waals surface area contributed by atoms with Gasteiger partial charge in [-0.1, -0.05) is 18.2 Å². The number of aryl methyl sites for hydroxylation is 1. The second-order valence-electron chi connectivity index (χ2n) is 7.84. The number of piperidine rings is 1. The number of likely N-dealkylation sites (tertiary alicyclic amines) is 1. The maximum absolute atomic E-state index is 13.1. The maximum atomic E-state index is 13.1. The van der Waals surface area contributed by atoms with Crippen molar-refractivity contribution >= 4 is 29.2 Å². The molecule has 0 aromatic carbocycles. The summed E-state index contributed by atoms with van der Waals surface area (Å²) in [6.45, 7) is 4.76. The summed E-state index contributed by atoms with van der Waals surface area (Å²) in [6, 6.07) is 7.83. The van der Waals surface area contributed by atoms with Crippen molar-refractivity contribution in [1.29, 1.82) is 0 Å². The highest BCUT2D eigenvalue weighted by Gasteiger charge is 2.28. The molecule has 2 aliphatic heterocycles. The molecule has 0 radical (unpaired) electrons. The summed E-state index contributed by atoms with van der Waals surface area (Å²) in [5.74, 6) is 0.323. The van der Waals surface area contributed by atoms with E-state index in [2.05, 4.69) is 12.2 Å². The van der Waals surface area contributed by atoms with Crippen molar-refractivity contribution in [2.24, 2.45) is 0 Å². The van der Waals surface area contributed by atoms with Crippen LogP contribution in [0, 0.1) is 6.92 Å². The number of carbonyl (C=O) groups excluding carboxylic acids is 2. The monoisotopic (exact) mass is 421 g/mol.